The van der Waals surface area contributed by atoms with Crippen LogP contribution in [-0.4, -0.2) is 128 Å². The normalized spacial score (nSPS) is 40.4. The van der Waals surface area contributed by atoms with Crippen molar-refractivity contribution in [3.63, 3.8) is 0 Å². The molecule has 1 aliphatic carbocycles. The maximum Gasteiger partial charge on any atom is 0.347 e. The van der Waals surface area contributed by atoms with Crippen LogP contribution in [0.4, 0.5) is 11.4 Å². The molecule has 6 heterocycles. The third-order valence-corrected chi connectivity index (χ3v) is 17.6. The van der Waals surface area contributed by atoms with Crippen molar-refractivity contribution in [3.8, 4) is 5.75 Å². The van der Waals surface area contributed by atoms with E-state index in [0.717, 1.165) is 37.9 Å². The molecule has 14 heteroatoms. The van der Waals surface area contributed by atoms with Crippen molar-refractivity contribution >= 4 is 50.9 Å². The van der Waals surface area contributed by atoms with Gasteiger partial charge in [-0.25, -0.2) is 4.79 Å². The maximum atomic E-state index is 15.5. The number of benzene rings is 2. The number of halogens is 1. The Kier molecular flexibility index (Phi) is 9.64. The molecule has 2 aromatic rings. The summed E-state index contributed by atoms with van der Waals surface area (Å²) < 4.78 is 22.9. The van der Waals surface area contributed by atoms with Crippen LogP contribution < -0.4 is 9.64 Å². The molecule has 9 rings (SSSR count). The van der Waals surface area contributed by atoms with Crippen LogP contribution in [0.2, 0.25) is 0 Å². The van der Waals surface area contributed by atoms with E-state index in [-0.39, 0.29) is 11.3 Å². The van der Waals surface area contributed by atoms with Crippen LogP contribution in [0.15, 0.2) is 53.5 Å². The second-order valence-electron chi connectivity index (χ2n) is 19.5. The van der Waals surface area contributed by atoms with Gasteiger partial charge < -0.3 is 39.0 Å². The lowest BCUT2D eigenvalue weighted by atomic mass is 9.46. The van der Waals surface area contributed by atoms with Crippen molar-refractivity contribution < 1.29 is 43.5 Å². The van der Waals surface area contributed by atoms with E-state index in [1.807, 2.05) is 49.4 Å². The van der Waals surface area contributed by atoms with E-state index in [1.165, 1.54) is 18.9 Å². The fraction of sp³-hybridized carbons (Fsp3) is 0.617. The lowest BCUT2D eigenvalue weighted by Crippen LogP contribution is -2.87. The number of esters is 3. The van der Waals surface area contributed by atoms with Gasteiger partial charge in [0.2, 0.25) is 5.60 Å². The number of hydrogen-bond acceptors (Lipinski definition) is 13. The minimum Gasteiger partial charge on any atom is -0.496 e. The minimum absolute atomic E-state index is 0.0428. The lowest BCUT2D eigenvalue weighted by Gasteiger charge is -2.66. The first-order valence-corrected chi connectivity index (χ1v) is 22.4. The summed E-state index contributed by atoms with van der Waals surface area (Å²) >= 11 is 4.31. The number of anilines is 1. The van der Waals surface area contributed by atoms with Gasteiger partial charge in [-0.1, -0.05) is 74.0 Å². The summed E-state index contributed by atoms with van der Waals surface area (Å²) in [6.45, 7) is 13.3. The molecule has 2 N–H and O–H groups in total. The Bertz CT molecular complexity index is 2290. The predicted molar refractivity (Wildman–Crippen MR) is 232 cm³/mol. The second-order valence-corrected chi connectivity index (χ2v) is 20.8. The Morgan fingerprint density at radius 1 is 1.00 bits per heavy atom. The predicted octanol–water partition coefficient (Wildman–Crippen LogP) is 5.14. The molecule has 0 amide bonds. The second kappa shape index (κ2) is 13.8. The van der Waals surface area contributed by atoms with Crippen molar-refractivity contribution in [3.05, 3.63) is 65.2 Å². The highest BCUT2D eigenvalue weighted by atomic mass is 79.9. The van der Waals surface area contributed by atoms with E-state index in [0.29, 0.717) is 73.1 Å². The Labute approximate surface area is 366 Å². The van der Waals surface area contributed by atoms with Gasteiger partial charge in [0.05, 0.1) is 38.1 Å². The van der Waals surface area contributed by atoms with Crippen LogP contribution in [0, 0.1) is 22.7 Å². The van der Waals surface area contributed by atoms with Gasteiger partial charge in [0.15, 0.2) is 11.8 Å². The fourth-order valence-corrected chi connectivity index (χ4v) is 15.0. The van der Waals surface area contributed by atoms with Gasteiger partial charge in [0.25, 0.3) is 0 Å². The number of fused-ring (bicyclic) bond motifs is 6. The van der Waals surface area contributed by atoms with Crippen LogP contribution in [-0.2, 0) is 43.7 Å². The van der Waals surface area contributed by atoms with Crippen molar-refractivity contribution in [2.24, 2.45) is 27.7 Å². The summed E-state index contributed by atoms with van der Waals surface area (Å²) in [5.41, 5.74) is -5.35. The van der Waals surface area contributed by atoms with Gasteiger partial charge in [-0.15, -0.1) is 0 Å². The quantitative estimate of drug-likeness (QED) is 0.164. The van der Waals surface area contributed by atoms with Crippen LogP contribution in [0.25, 0.3) is 0 Å². The van der Waals surface area contributed by atoms with E-state index in [4.69, 9.17) is 23.9 Å². The van der Waals surface area contributed by atoms with E-state index in [2.05, 4.69) is 52.6 Å². The van der Waals surface area contributed by atoms with Crippen LogP contribution in [0.5, 0.6) is 5.75 Å². The summed E-state index contributed by atoms with van der Waals surface area (Å²) in [5.74, 6) is -1.54. The average Bonchev–Trinajstić information content (AvgIpc) is 3.84. The van der Waals surface area contributed by atoms with E-state index >= 15 is 4.79 Å². The average molecular weight is 904 g/mol. The molecule has 0 aromatic heterocycles. The maximum absolute atomic E-state index is 15.5. The summed E-state index contributed by atoms with van der Waals surface area (Å²) in [6.07, 6.45) is 4.31. The molecule has 5 unspecified atom stereocenters. The van der Waals surface area contributed by atoms with Gasteiger partial charge in [0.1, 0.15) is 15.5 Å². The van der Waals surface area contributed by atoms with E-state index in [9.17, 15) is 19.8 Å². The number of piperidine rings is 1. The molecule has 1 spiro atoms. The van der Waals surface area contributed by atoms with Crippen molar-refractivity contribution in [2.45, 2.75) is 98.9 Å². The fourth-order valence-electron chi connectivity index (χ4n) is 13.8. The number of ether oxygens (including phenoxy) is 4. The zero-order chi connectivity index (χ0) is 43.9. The molecule has 0 radical (unpaired) electrons. The largest absolute Gasteiger partial charge is 0.496 e. The van der Waals surface area contributed by atoms with Gasteiger partial charge >= 0.3 is 17.9 Å². The van der Waals surface area contributed by atoms with E-state index < -0.39 is 61.9 Å². The molecule has 3 saturated heterocycles. The number of aliphatic imine (C=N–C) groups is 1. The molecule has 13 nitrogen and oxygen atoms in total. The summed E-state index contributed by atoms with van der Waals surface area (Å²) in [7, 11) is 5.78. The first-order valence-electron chi connectivity index (χ1n) is 21.6. The number of nitrogens with zero attached hydrogens (tertiary/aromatic N) is 4. The summed E-state index contributed by atoms with van der Waals surface area (Å²) in [5, 5.41) is 27.3. The monoisotopic (exact) mass is 902 g/mol. The first kappa shape index (κ1) is 42.5. The van der Waals surface area contributed by atoms with Gasteiger partial charge in [-0.3, -0.25) is 19.5 Å². The highest BCUT2D eigenvalue weighted by Gasteiger charge is 2.87. The Balaban J connectivity index is 1.37. The zero-order valence-corrected chi connectivity index (χ0v) is 38.3. The number of aliphatic hydroxyl groups is 2. The van der Waals surface area contributed by atoms with Crippen molar-refractivity contribution in [2.75, 3.05) is 66.0 Å². The number of para-hydroxylation sites is 1. The molecule has 7 aliphatic rings. The standard InChI is InChI=1S/C47H59BrN4O9/c1-10-42-16-13-18-52-19-17-44(37(42)52)31-20-32(35(58-7)21-34(31)50(6)47(44,57)46(56,40(55)60-9)38(42)61-28(4)53)43(39(54)59-8)23-29-22-41(5,27(2)3)25-51(24-29)26-45(48)30-14-11-12-15-33(30)49-36(43)45/h11-16,20-21,27,29,37-38,56-57H,10,17-19,22-26H2,1-9H3/t29?,37-,38+,41?,42+,43-,44+,45?,46?,47-/m0/s1. The Morgan fingerprint density at radius 3 is 2.38 bits per heavy atom. The van der Waals surface area contributed by atoms with Crippen LogP contribution >= 0.6 is 15.9 Å². The molecular formula is C47H59BrN4O9. The SMILES string of the molecule is CC[C@]12C=CCN3CC[C@@]4(c5cc([C@@]6(C(=O)OC)CC7CN(CC8(Br)C6=Nc6ccccc68)CC(C)(C(C)C)C7)c(OC)cc5N(C)[C@@]4(O)C(O)(C(=O)OC)[C@@H]1OC(C)=O)[C@@H]32. The minimum atomic E-state index is -2.80. The summed E-state index contributed by atoms with van der Waals surface area (Å²) in [4.78, 5) is 54.7. The molecular weight excluding hydrogens is 844 g/mol. The van der Waals surface area contributed by atoms with Crippen LogP contribution in [0.3, 0.4) is 0 Å². The molecule has 61 heavy (non-hydrogen) atoms. The lowest BCUT2D eigenvalue weighted by molar-refractivity contribution is -0.291. The van der Waals surface area contributed by atoms with Gasteiger partial charge in [0, 0.05) is 74.5 Å². The molecule has 2 bridgehead atoms. The number of rotatable bonds is 7. The number of carbonyl (C=O) groups is 3. The number of hydrogen-bond donors (Lipinski definition) is 2. The summed E-state index contributed by atoms with van der Waals surface area (Å²) in [6, 6.07) is 11.2. The Hall–Kier alpha value is -3.82. The number of methoxy groups -OCH3 is 3. The molecule has 6 aliphatic heterocycles. The number of carbonyl (C=O) groups excluding carboxylic acids is 3. The molecule has 4 fully saturated rings. The van der Waals surface area contributed by atoms with Gasteiger partial charge in [-0.2, -0.15) is 0 Å². The van der Waals surface area contributed by atoms with Crippen LogP contribution in [0.1, 0.15) is 77.0 Å². The molecule has 1 saturated carbocycles. The third kappa shape index (κ3) is 5.02. The first-order chi connectivity index (χ1) is 28.8. The highest BCUT2D eigenvalue weighted by Crippen LogP contribution is 2.72. The third-order valence-electron chi connectivity index (χ3n) is 16.6. The smallest absolute Gasteiger partial charge is 0.347 e. The zero-order valence-electron chi connectivity index (χ0n) is 36.7. The van der Waals surface area contributed by atoms with Crippen molar-refractivity contribution in [1.29, 1.82) is 0 Å². The molecule has 328 valence electrons. The molecule has 11 atom stereocenters. The van der Waals surface area contributed by atoms with E-state index in [1.54, 1.807) is 14.2 Å². The number of alkyl halides is 1. The van der Waals surface area contributed by atoms with Gasteiger partial charge in [-0.05, 0) is 67.2 Å². The number of likely N-dealkylation sites (N-methyl/N-ethyl adjacent to an activating group) is 1. The molecule has 2 aromatic carbocycles. The van der Waals surface area contributed by atoms with Crippen molar-refractivity contribution in [1.82, 2.24) is 9.80 Å². The Morgan fingerprint density at radius 2 is 1.72 bits per heavy atom. The topological polar surface area (TPSA) is 151 Å². The highest BCUT2D eigenvalue weighted by molar-refractivity contribution is 9.10.